The molecule has 0 spiro atoms. The number of hydrogen-bond acceptors (Lipinski definition) is 6. The van der Waals surface area contributed by atoms with Crippen molar-refractivity contribution in [2.75, 3.05) is 31.8 Å². The molecule has 1 aromatic carbocycles. The number of anilines is 1. The van der Waals surface area contributed by atoms with Crippen LogP contribution in [0.15, 0.2) is 12.1 Å². The van der Waals surface area contributed by atoms with Crippen LogP contribution in [0, 0.1) is 0 Å². The van der Waals surface area contributed by atoms with Crippen molar-refractivity contribution in [2.45, 2.75) is 6.92 Å². The summed E-state index contributed by atoms with van der Waals surface area (Å²) < 4.78 is 41.0. The van der Waals surface area contributed by atoms with Crippen molar-refractivity contribution in [3.63, 3.8) is 0 Å². The Kier molecular flexibility index (Phi) is 4.69. The molecule has 0 saturated carbocycles. The zero-order valence-corrected chi connectivity index (χ0v) is 14.0. The summed E-state index contributed by atoms with van der Waals surface area (Å²) in [5.41, 5.74) is 0.640. The number of carbonyl (C=O) groups excluding carboxylic acids is 1. The molecule has 9 heteroatoms. The number of sulfonamides is 1. The van der Waals surface area contributed by atoms with Gasteiger partial charge < -0.3 is 19.2 Å². The number of fused-ring (bicyclic) bond motifs is 1. The monoisotopic (exact) mass is 342 g/mol. The Morgan fingerprint density at radius 1 is 1.22 bits per heavy atom. The second-order valence-corrected chi connectivity index (χ2v) is 6.47. The molecule has 2 aromatic rings. The van der Waals surface area contributed by atoms with Gasteiger partial charge in [-0.15, -0.1) is 0 Å². The molecule has 1 heterocycles. The number of nitrogens with one attached hydrogen (secondary N) is 2. The third-order valence-corrected chi connectivity index (χ3v) is 3.64. The lowest BCUT2D eigenvalue weighted by Crippen LogP contribution is -2.14. The number of esters is 1. The van der Waals surface area contributed by atoms with Gasteiger partial charge in [0, 0.05) is 11.5 Å². The highest BCUT2D eigenvalue weighted by Crippen LogP contribution is 2.37. The molecule has 1 aromatic heterocycles. The maximum atomic E-state index is 12.1. The van der Waals surface area contributed by atoms with Gasteiger partial charge in [-0.1, -0.05) is 0 Å². The van der Waals surface area contributed by atoms with E-state index in [2.05, 4.69) is 9.71 Å². The number of carbonyl (C=O) groups is 1. The van der Waals surface area contributed by atoms with Crippen LogP contribution in [0.3, 0.4) is 0 Å². The molecule has 23 heavy (non-hydrogen) atoms. The molecule has 0 fully saturated rings. The zero-order valence-electron chi connectivity index (χ0n) is 13.2. The molecule has 0 aliphatic heterocycles. The van der Waals surface area contributed by atoms with Crippen LogP contribution in [0.5, 0.6) is 11.5 Å². The average Bonchev–Trinajstić information content (AvgIpc) is 2.82. The predicted molar refractivity (Wildman–Crippen MR) is 85.8 cm³/mol. The number of benzene rings is 1. The molecule has 0 atom stereocenters. The van der Waals surface area contributed by atoms with Gasteiger partial charge in [-0.3, -0.25) is 4.72 Å². The highest BCUT2D eigenvalue weighted by Gasteiger charge is 2.23. The lowest BCUT2D eigenvalue weighted by Gasteiger charge is -2.09. The number of aromatic nitrogens is 1. The molecule has 0 aliphatic carbocycles. The third-order valence-electron chi connectivity index (χ3n) is 3.07. The normalized spacial score (nSPS) is 11.3. The Morgan fingerprint density at radius 2 is 1.83 bits per heavy atom. The van der Waals surface area contributed by atoms with Crippen LogP contribution in [0.1, 0.15) is 17.4 Å². The summed E-state index contributed by atoms with van der Waals surface area (Å²) in [4.78, 5) is 14.9. The molecule has 0 amide bonds. The fraction of sp³-hybridized carbons (Fsp3) is 0.357. The van der Waals surface area contributed by atoms with E-state index in [9.17, 15) is 13.2 Å². The van der Waals surface area contributed by atoms with E-state index in [0.717, 1.165) is 6.26 Å². The van der Waals surface area contributed by atoms with Crippen LogP contribution in [-0.2, 0) is 14.8 Å². The molecule has 8 nitrogen and oxygen atoms in total. The topological polar surface area (TPSA) is 107 Å². The van der Waals surface area contributed by atoms with Gasteiger partial charge in [0.2, 0.25) is 10.0 Å². The number of H-pyrrole nitrogens is 1. The summed E-state index contributed by atoms with van der Waals surface area (Å²) in [7, 11) is -0.649. The van der Waals surface area contributed by atoms with E-state index in [0.29, 0.717) is 22.4 Å². The smallest absolute Gasteiger partial charge is 0.356 e. The summed E-state index contributed by atoms with van der Waals surface area (Å²) in [6, 6.07) is 3.20. The summed E-state index contributed by atoms with van der Waals surface area (Å²) in [5, 5.41) is 0.469. The Morgan fingerprint density at radius 3 is 2.35 bits per heavy atom. The second kappa shape index (κ2) is 6.37. The van der Waals surface area contributed by atoms with E-state index in [1.807, 2.05) is 0 Å². The molecular weight excluding hydrogens is 324 g/mol. The summed E-state index contributed by atoms with van der Waals surface area (Å²) in [6.45, 7) is 1.83. The number of rotatable bonds is 6. The van der Waals surface area contributed by atoms with Crippen molar-refractivity contribution in [2.24, 2.45) is 0 Å². The first-order valence-electron chi connectivity index (χ1n) is 6.73. The quantitative estimate of drug-likeness (QED) is 0.774. The third kappa shape index (κ3) is 3.50. The van der Waals surface area contributed by atoms with Gasteiger partial charge in [-0.2, -0.15) is 0 Å². The second-order valence-electron chi connectivity index (χ2n) is 4.72. The van der Waals surface area contributed by atoms with Gasteiger partial charge in [-0.05, 0) is 13.0 Å². The van der Waals surface area contributed by atoms with Crippen molar-refractivity contribution in [3.05, 3.63) is 17.8 Å². The highest BCUT2D eigenvalue weighted by molar-refractivity contribution is 7.92. The van der Waals surface area contributed by atoms with Crippen LogP contribution in [0.25, 0.3) is 10.9 Å². The van der Waals surface area contributed by atoms with E-state index in [1.165, 1.54) is 14.2 Å². The maximum Gasteiger partial charge on any atom is 0.356 e. The number of methoxy groups -OCH3 is 2. The minimum Gasteiger partial charge on any atom is -0.493 e. The number of ether oxygens (including phenoxy) is 3. The van der Waals surface area contributed by atoms with Crippen molar-refractivity contribution in [1.29, 1.82) is 0 Å². The highest BCUT2D eigenvalue weighted by atomic mass is 32.2. The van der Waals surface area contributed by atoms with Crippen LogP contribution in [0.2, 0.25) is 0 Å². The van der Waals surface area contributed by atoms with Crippen LogP contribution in [0.4, 0.5) is 5.69 Å². The summed E-state index contributed by atoms with van der Waals surface area (Å²) in [6.07, 6.45) is 1.00. The zero-order chi connectivity index (χ0) is 17.2. The first-order valence-corrected chi connectivity index (χ1v) is 8.62. The van der Waals surface area contributed by atoms with Crippen LogP contribution < -0.4 is 14.2 Å². The van der Waals surface area contributed by atoms with Crippen molar-refractivity contribution >= 4 is 32.6 Å². The van der Waals surface area contributed by atoms with Gasteiger partial charge in [0.15, 0.2) is 17.2 Å². The van der Waals surface area contributed by atoms with Gasteiger partial charge in [0.05, 0.1) is 38.3 Å². The average molecular weight is 342 g/mol. The SMILES string of the molecule is CCOC(=O)c1[nH]c2cc(OC)c(OC)cc2c1NS(C)(=O)=O. The van der Waals surface area contributed by atoms with E-state index in [1.54, 1.807) is 19.1 Å². The van der Waals surface area contributed by atoms with Gasteiger partial charge in [-0.25, -0.2) is 13.2 Å². The number of aromatic amines is 1. The predicted octanol–water partition coefficient (Wildman–Crippen LogP) is 1.73. The van der Waals surface area contributed by atoms with Crippen LogP contribution >= 0.6 is 0 Å². The number of hydrogen-bond donors (Lipinski definition) is 2. The first-order chi connectivity index (χ1) is 10.8. The summed E-state index contributed by atoms with van der Waals surface area (Å²) >= 11 is 0. The minimum absolute atomic E-state index is 0.0163. The van der Waals surface area contributed by atoms with E-state index in [4.69, 9.17) is 14.2 Å². The Balaban J connectivity index is 2.73. The van der Waals surface area contributed by atoms with E-state index >= 15 is 0 Å². The molecule has 0 unspecified atom stereocenters. The molecule has 0 bridgehead atoms. The minimum atomic E-state index is -3.59. The van der Waals surface area contributed by atoms with Crippen LogP contribution in [-0.4, -0.2) is 46.5 Å². The molecule has 2 rings (SSSR count). The van der Waals surface area contributed by atoms with Gasteiger partial charge in [0.25, 0.3) is 0 Å². The van der Waals surface area contributed by atoms with Crippen molar-refractivity contribution in [1.82, 2.24) is 4.98 Å². The maximum absolute atomic E-state index is 12.1. The molecule has 126 valence electrons. The van der Waals surface area contributed by atoms with E-state index < -0.39 is 16.0 Å². The molecule has 0 aliphatic rings. The fourth-order valence-corrected chi connectivity index (χ4v) is 2.75. The Labute approximate surface area is 133 Å². The molecule has 2 N–H and O–H groups in total. The van der Waals surface area contributed by atoms with Gasteiger partial charge >= 0.3 is 5.97 Å². The lowest BCUT2D eigenvalue weighted by molar-refractivity contribution is 0.0522. The van der Waals surface area contributed by atoms with Crippen molar-refractivity contribution < 1.29 is 27.4 Å². The van der Waals surface area contributed by atoms with Gasteiger partial charge in [0.1, 0.15) is 0 Å². The largest absolute Gasteiger partial charge is 0.493 e. The molecule has 0 radical (unpaired) electrons. The first kappa shape index (κ1) is 16.9. The van der Waals surface area contributed by atoms with Crippen molar-refractivity contribution in [3.8, 4) is 11.5 Å². The molecular formula is C14H18N2O6S. The fourth-order valence-electron chi connectivity index (χ4n) is 2.17. The lowest BCUT2D eigenvalue weighted by atomic mass is 10.2. The standard InChI is InChI=1S/C14H18N2O6S/c1-5-22-14(17)13-12(16-23(4,18)19)8-6-10(20-2)11(21-3)7-9(8)15-13/h6-7,15-16H,5H2,1-4H3. The molecule has 0 saturated heterocycles. The Hall–Kier alpha value is -2.42. The van der Waals surface area contributed by atoms with E-state index in [-0.39, 0.29) is 18.0 Å². The summed E-state index contributed by atoms with van der Waals surface area (Å²) in [5.74, 6) is 0.196. The Bertz CT molecular complexity index is 841.